The van der Waals surface area contributed by atoms with Crippen molar-refractivity contribution in [2.24, 2.45) is 17.3 Å². The van der Waals surface area contributed by atoms with Gasteiger partial charge in [0.25, 0.3) is 0 Å². The molecule has 3 rings (SSSR count). The van der Waals surface area contributed by atoms with E-state index in [-0.39, 0.29) is 35.0 Å². The lowest BCUT2D eigenvalue weighted by molar-refractivity contribution is -0.149. The summed E-state index contributed by atoms with van der Waals surface area (Å²) in [5.41, 5.74) is 3.93. The smallest absolute Gasteiger partial charge is 0.342 e. The number of carbonyl (C=O) groups is 2. The molecule has 9 atom stereocenters. The van der Waals surface area contributed by atoms with Gasteiger partial charge in [-0.2, -0.15) is 9.97 Å². The van der Waals surface area contributed by atoms with Crippen molar-refractivity contribution < 1.29 is 48.2 Å². The maximum absolute atomic E-state index is 14.5. The Labute approximate surface area is 274 Å². The zero-order chi connectivity index (χ0) is 35.5. The largest absolute Gasteiger partial charge is 0.480 e. The van der Waals surface area contributed by atoms with Crippen LogP contribution in [0.15, 0.2) is 6.33 Å². The van der Waals surface area contributed by atoms with Crippen LogP contribution in [0.1, 0.15) is 74.5 Å². The molecule has 266 valence electrons. The average molecular weight is 688 g/mol. The number of carboxylic acids is 1. The van der Waals surface area contributed by atoms with E-state index in [0.717, 1.165) is 0 Å². The molecule has 0 amide bonds. The van der Waals surface area contributed by atoms with Gasteiger partial charge in [-0.3, -0.25) is 18.7 Å². The lowest BCUT2D eigenvalue weighted by Crippen LogP contribution is -2.49. The predicted octanol–water partition coefficient (Wildman–Crippen LogP) is 2.23. The molecule has 1 aliphatic heterocycles. The van der Waals surface area contributed by atoms with Crippen LogP contribution in [0.4, 0.5) is 5.95 Å². The third-order valence-electron chi connectivity index (χ3n) is 8.24. The molecule has 1 unspecified atom stereocenters. The van der Waals surface area contributed by atoms with Crippen molar-refractivity contribution in [3.8, 4) is 5.88 Å². The van der Waals surface area contributed by atoms with Crippen molar-refractivity contribution in [3.63, 3.8) is 0 Å². The number of carbonyl (C=O) groups excluding carboxylic acids is 1. The van der Waals surface area contributed by atoms with E-state index in [1.807, 2.05) is 27.7 Å². The number of hydrogen-bond acceptors (Lipinski definition) is 13. The van der Waals surface area contributed by atoms with Gasteiger partial charge in [0.2, 0.25) is 11.8 Å². The number of imidazole rings is 1. The second-order valence-corrected chi connectivity index (χ2v) is 15.3. The van der Waals surface area contributed by atoms with Crippen molar-refractivity contribution in [3.05, 3.63) is 6.33 Å². The predicted molar refractivity (Wildman–Crippen MR) is 171 cm³/mol. The first-order valence-corrected chi connectivity index (χ1v) is 17.2. The molecule has 1 fully saturated rings. The quantitative estimate of drug-likeness (QED) is 0.109. The van der Waals surface area contributed by atoms with Gasteiger partial charge in [-0.15, -0.1) is 0 Å². The minimum atomic E-state index is -4.42. The number of aliphatic hydroxyl groups is 2. The van der Waals surface area contributed by atoms with E-state index in [2.05, 4.69) is 25.1 Å². The van der Waals surface area contributed by atoms with E-state index < -0.39 is 74.2 Å². The molecule has 0 saturated carbocycles. The number of nitrogen functional groups attached to an aromatic ring is 1. The number of rotatable bonds is 16. The third-order valence-corrected chi connectivity index (χ3v) is 9.99. The van der Waals surface area contributed by atoms with Crippen LogP contribution in [-0.2, 0) is 28.2 Å². The molecule has 0 aliphatic carbocycles. The molecule has 0 bridgehead atoms. The number of anilines is 1. The van der Waals surface area contributed by atoms with E-state index in [0.29, 0.717) is 12.8 Å². The molecule has 1 aliphatic rings. The Bertz CT molecular complexity index is 1450. The molecule has 0 spiro atoms. The highest BCUT2D eigenvalue weighted by Gasteiger charge is 2.54. The molecule has 17 nitrogen and oxygen atoms in total. The Morgan fingerprint density at radius 3 is 2.32 bits per heavy atom. The Balaban J connectivity index is 1.94. The normalized spacial score (nSPS) is 25.6. The highest BCUT2D eigenvalue weighted by atomic mass is 31.2. The SMILES string of the molecule is CC[C@@H](C)[C@H](NP(=O)(N[C@H](C(=O)OCC(C)(C)C)[C@H](C)CC)OC[C@H]1O[C@@H](n2cnc3c(OC)nc(N)nc32)[C@](C)(O)[C@@H]1O)C(=O)O. The Morgan fingerprint density at radius 1 is 1.17 bits per heavy atom. The van der Waals surface area contributed by atoms with Gasteiger partial charge in [-0.05, 0) is 24.2 Å². The summed E-state index contributed by atoms with van der Waals surface area (Å²) in [5, 5.41) is 37.9. The number of ether oxygens (including phenoxy) is 3. The highest BCUT2D eigenvalue weighted by molar-refractivity contribution is 7.54. The maximum Gasteiger partial charge on any atom is 0.342 e. The van der Waals surface area contributed by atoms with Crippen molar-refractivity contribution in [2.75, 3.05) is 26.1 Å². The number of nitrogens with two attached hydrogens (primary N) is 1. The number of methoxy groups -OCH3 is 1. The van der Waals surface area contributed by atoms with Crippen LogP contribution in [-0.4, -0.2) is 97.0 Å². The fourth-order valence-electron chi connectivity index (χ4n) is 4.94. The molecule has 2 aromatic heterocycles. The van der Waals surface area contributed by atoms with Crippen LogP contribution in [0.25, 0.3) is 11.2 Å². The van der Waals surface area contributed by atoms with Gasteiger partial charge in [-0.25, -0.2) is 15.2 Å². The molecule has 3 heterocycles. The summed E-state index contributed by atoms with van der Waals surface area (Å²) in [7, 11) is -3.04. The summed E-state index contributed by atoms with van der Waals surface area (Å²) < 4.78 is 38.5. The number of nitrogens with zero attached hydrogens (tertiary/aromatic N) is 4. The first-order chi connectivity index (χ1) is 21.8. The number of hydrogen-bond donors (Lipinski definition) is 6. The third kappa shape index (κ3) is 8.96. The van der Waals surface area contributed by atoms with Crippen LogP contribution in [0.5, 0.6) is 5.88 Å². The van der Waals surface area contributed by atoms with E-state index in [9.17, 15) is 29.5 Å². The summed E-state index contributed by atoms with van der Waals surface area (Å²) in [5.74, 6) is -2.87. The highest BCUT2D eigenvalue weighted by Crippen LogP contribution is 2.45. The van der Waals surface area contributed by atoms with Crippen molar-refractivity contribution in [2.45, 2.75) is 104 Å². The molecule has 7 N–H and O–H groups in total. The summed E-state index contributed by atoms with van der Waals surface area (Å²) in [4.78, 5) is 38.0. The van der Waals surface area contributed by atoms with E-state index in [4.69, 9.17) is 24.5 Å². The fraction of sp³-hybridized carbons (Fsp3) is 0.759. The number of aromatic nitrogens is 4. The topological polar surface area (TPSA) is 242 Å². The molecule has 1 saturated heterocycles. The zero-order valence-electron chi connectivity index (χ0n) is 28.5. The minimum absolute atomic E-state index is 0.0909. The van der Waals surface area contributed by atoms with Gasteiger partial charge in [0.15, 0.2) is 17.4 Å². The minimum Gasteiger partial charge on any atom is -0.480 e. The monoisotopic (exact) mass is 687 g/mol. The van der Waals surface area contributed by atoms with Gasteiger partial charge in [-0.1, -0.05) is 61.3 Å². The van der Waals surface area contributed by atoms with E-state index in [1.54, 1.807) is 20.8 Å². The van der Waals surface area contributed by atoms with Crippen LogP contribution >= 0.6 is 7.67 Å². The Morgan fingerprint density at radius 2 is 1.77 bits per heavy atom. The fourth-order valence-corrected chi connectivity index (χ4v) is 6.98. The number of aliphatic hydroxyl groups excluding tert-OH is 1. The van der Waals surface area contributed by atoms with Crippen molar-refractivity contribution >= 4 is 36.7 Å². The number of fused-ring (bicyclic) bond motifs is 1. The molecular weight excluding hydrogens is 637 g/mol. The van der Waals surface area contributed by atoms with Crippen LogP contribution in [0.3, 0.4) is 0 Å². The maximum atomic E-state index is 14.5. The standard InChI is InChI=1S/C29H50N7O10P/c1-10-15(3)18(24(38)39)34-47(42,35-19(16(4)11-2)25(40)44-13-28(5,6)7)45-12-17-21(37)29(8,41)26(46-17)36-14-31-20-22(36)32-27(30)33-23(20)43-9/h14-19,21,26,37,41H,10-13H2,1-9H3,(H,38,39)(H2,30,32,33)(H2,34,35,42)/t15-,16-,17-,18+,19+,21-,26-,29-,47?/m1/s1. The van der Waals surface area contributed by atoms with Gasteiger partial charge in [0, 0.05) is 0 Å². The molecule has 0 radical (unpaired) electrons. The molecule has 2 aromatic rings. The Hall–Kier alpha value is -2.92. The number of aliphatic carboxylic acids is 1. The lowest BCUT2D eigenvalue weighted by atomic mass is 9.96. The summed E-state index contributed by atoms with van der Waals surface area (Å²) in [6.07, 6.45) is -1.92. The molecular formula is C29H50N7O10P. The van der Waals surface area contributed by atoms with E-state index >= 15 is 0 Å². The number of esters is 1. The summed E-state index contributed by atoms with van der Waals surface area (Å²) >= 11 is 0. The van der Waals surface area contributed by atoms with Crippen LogP contribution < -0.4 is 20.6 Å². The number of carboxylic acid groups (broad SMARTS) is 1. The average Bonchev–Trinajstić information content (AvgIpc) is 3.51. The van der Waals surface area contributed by atoms with Gasteiger partial charge in [0.05, 0.1) is 26.7 Å². The van der Waals surface area contributed by atoms with Gasteiger partial charge >= 0.3 is 19.6 Å². The lowest BCUT2D eigenvalue weighted by Gasteiger charge is -2.32. The first-order valence-electron chi connectivity index (χ1n) is 15.6. The summed E-state index contributed by atoms with van der Waals surface area (Å²) in [6, 6.07) is -2.47. The Kier molecular flexibility index (Phi) is 12.4. The second-order valence-electron chi connectivity index (χ2n) is 13.5. The van der Waals surface area contributed by atoms with Gasteiger partial charge < -0.3 is 39.8 Å². The van der Waals surface area contributed by atoms with E-state index in [1.165, 1.54) is 24.9 Å². The molecule has 47 heavy (non-hydrogen) atoms. The van der Waals surface area contributed by atoms with Crippen LogP contribution in [0, 0.1) is 17.3 Å². The first kappa shape index (κ1) is 38.5. The summed E-state index contributed by atoms with van der Waals surface area (Å²) in [6.45, 7) is 13.6. The second kappa shape index (κ2) is 15.1. The van der Waals surface area contributed by atoms with Gasteiger partial charge in [0.1, 0.15) is 29.9 Å². The van der Waals surface area contributed by atoms with Crippen LogP contribution in [0.2, 0.25) is 0 Å². The molecule has 0 aromatic carbocycles. The molecule has 18 heteroatoms. The van der Waals surface area contributed by atoms with Crippen molar-refractivity contribution in [1.29, 1.82) is 0 Å². The number of nitrogens with one attached hydrogen (secondary N) is 2. The zero-order valence-corrected chi connectivity index (χ0v) is 29.4. The van der Waals surface area contributed by atoms with Crippen molar-refractivity contribution in [1.82, 2.24) is 29.7 Å².